The number of morpholine rings is 1. The fourth-order valence-electron chi connectivity index (χ4n) is 3.88. The standard InChI is InChI=1S/C19H25N3O3/c1-13-16-5-3-4-6-17(16)25-18(13)14(2)20-19(23)22-8-7-21-9-10-24-12-15(21)11-22/h3-6,14-15H,7-12H2,1-2H3,(H,20,23)/t14-,15?/m1/s1. The van der Waals surface area contributed by atoms with Crippen LogP contribution < -0.4 is 5.32 Å². The van der Waals surface area contributed by atoms with Gasteiger partial charge in [-0.15, -0.1) is 0 Å². The lowest BCUT2D eigenvalue weighted by Gasteiger charge is -2.43. The van der Waals surface area contributed by atoms with Crippen LogP contribution in [0.4, 0.5) is 4.79 Å². The fraction of sp³-hybridized carbons (Fsp3) is 0.526. The smallest absolute Gasteiger partial charge is 0.318 e. The molecule has 134 valence electrons. The summed E-state index contributed by atoms with van der Waals surface area (Å²) < 4.78 is 11.5. The van der Waals surface area contributed by atoms with E-state index in [0.29, 0.717) is 12.6 Å². The zero-order chi connectivity index (χ0) is 17.4. The lowest BCUT2D eigenvalue weighted by Crippen LogP contribution is -2.60. The van der Waals surface area contributed by atoms with Crippen LogP contribution in [0.2, 0.25) is 0 Å². The first-order valence-corrected chi connectivity index (χ1v) is 8.98. The second-order valence-electron chi connectivity index (χ2n) is 6.97. The molecule has 2 aromatic rings. The summed E-state index contributed by atoms with van der Waals surface area (Å²) in [5, 5.41) is 4.20. The summed E-state index contributed by atoms with van der Waals surface area (Å²) in [6.07, 6.45) is 0. The van der Waals surface area contributed by atoms with Crippen LogP contribution in [0.15, 0.2) is 28.7 Å². The molecule has 1 aromatic heterocycles. The van der Waals surface area contributed by atoms with Gasteiger partial charge in [0.15, 0.2) is 0 Å². The van der Waals surface area contributed by atoms with Gasteiger partial charge in [0, 0.05) is 37.1 Å². The number of piperazine rings is 1. The molecular weight excluding hydrogens is 318 g/mol. The van der Waals surface area contributed by atoms with Crippen molar-refractivity contribution in [2.24, 2.45) is 0 Å². The Labute approximate surface area is 147 Å². The van der Waals surface area contributed by atoms with Crippen molar-refractivity contribution in [1.29, 1.82) is 0 Å². The lowest BCUT2D eigenvalue weighted by molar-refractivity contribution is -0.0366. The van der Waals surface area contributed by atoms with E-state index in [1.807, 2.05) is 36.9 Å². The van der Waals surface area contributed by atoms with Gasteiger partial charge in [0.25, 0.3) is 0 Å². The summed E-state index contributed by atoms with van der Waals surface area (Å²) in [5.41, 5.74) is 1.96. The van der Waals surface area contributed by atoms with E-state index in [0.717, 1.165) is 55.1 Å². The Morgan fingerprint density at radius 1 is 1.28 bits per heavy atom. The zero-order valence-electron chi connectivity index (χ0n) is 14.8. The average Bonchev–Trinajstić information content (AvgIpc) is 2.98. The summed E-state index contributed by atoms with van der Waals surface area (Å²) in [4.78, 5) is 17.0. The fourth-order valence-corrected chi connectivity index (χ4v) is 3.88. The van der Waals surface area contributed by atoms with Gasteiger partial charge in [-0.1, -0.05) is 18.2 Å². The predicted molar refractivity (Wildman–Crippen MR) is 95.7 cm³/mol. The van der Waals surface area contributed by atoms with Gasteiger partial charge >= 0.3 is 6.03 Å². The van der Waals surface area contributed by atoms with Gasteiger partial charge in [-0.05, 0) is 19.9 Å². The Balaban J connectivity index is 1.44. The summed E-state index contributed by atoms with van der Waals surface area (Å²) in [6.45, 7) is 8.89. The molecule has 3 heterocycles. The lowest BCUT2D eigenvalue weighted by atomic mass is 10.1. The number of furan rings is 1. The molecule has 2 aliphatic rings. The van der Waals surface area contributed by atoms with Crippen molar-refractivity contribution >= 4 is 17.0 Å². The first-order valence-electron chi connectivity index (χ1n) is 8.98. The normalized spacial score (nSPS) is 22.6. The average molecular weight is 343 g/mol. The topological polar surface area (TPSA) is 58.0 Å². The zero-order valence-corrected chi connectivity index (χ0v) is 14.8. The number of nitrogens with one attached hydrogen (secondary N) is 1. The molecule has 2 aliphatic heterocycles. The monoisotopic (exact) mass is 343 g/mol. The predicted octanol–water partition coefficient (Wildman–Crippen LogP) is 2.53. The summed E-state index contributed by atoms with van der Waals surface area (Å²) in [7, 11) is 0. The minimum Gasteiger partial charge on any atom is -0.459 e. The van der Waals surface area contributed by atoms with Crippen LogP contribution in [0.1, 0.15) is 24.3 Å². The van der Waals surface area contributed by atoms with E-state index in [4.69, 9.17) is 9.15 Å². The maximum absolute atomic E-state index is 12.7. The van der Waals surface area contributed by atoms with E-state index in [2.05, 4.69) is 16.3 Å². The van der Waals surface area contributed by atoms with Gasteiger partial charge in [0.05, 0.1) is 25.3 Å². The molecule has 0 bridgehead atoms. The number of ether oxygens (including phenoxy) is 1. The molecule has 25 heavy (non-hydrogen) atoms. The second-order valence-corrected chi connectivity index (χ2v) is 6.97. The summed E-state index contributed by atoms with van der Waals surface area (Å²) in [5.74, 6) is 0.828. The van der Waals surface area contributed by atoms with Gasteiger partial charge in [0.1, 0.15) is 11.3 Å². The highest BCUT2D eigenvalue weighted by Gasteiger charge is 2.32. The van der Waals surface area contributed by atoms with Crippen LogP contribution in [-0.2, 0) is 4.74 Å². The Morgan fingerprint density at radius 3 is 2.96 bits per heavy atom. The van der Waals surface area contributed by atoms with Crippen molar-refractivity contribution in [1.82, 2.24) is 15.1 Å². The molecule has 1 aromatic carbocycles. The Kier molecular flexibility index (Phi) is 4.39. The largest absolute Gasteiger partial charge is 0.459 e. The van der Waals surface area contributed by atoms with Crippen LogP contribution in [0.25, 0.3) is 11.0 Å². The van der Waals surface area contributed by atoms with Crippen LogP contribution in [0.5, 0.6) is 0 Å². The number of carbonyl (C=O) groups excluding carboxylic acids is 1. The third kappa shape index (κ3) is 3.12. The van der Waals surface area contributed by atoms with Gasteiger partial charge in [-0.25, -0.2) is 4.79 Å². The highest BCUT2D eigenvalue weighted by Crippen LogP contribution is 2.29. The maximum atomic E-state index is 12.7. The SMILES string of the molecule is Cc1c([C@@H](C)NC(=O)N2CCN3CCOCC3C2)oc2ccccc12. The highest BCUT2D eigenvalue weighted by atomic mass is 16.5. The third-order valence-electron chi connectivity index (χ3n) is 5.34. The molecule has 4 rings (SSSR count). The first-order chi connectivity index (χ1) is 12.1. The number of hydrogen-bond acceptors (Lipinski definition) is 4. The van der Waals surface area contributed by atoms with Crippen LogP contribution >= 0.6 is 0 Å². The number of nitrogens with zero attached hydrogens (tertiary/aromatic N) is 2. The van der Waals surface area contributed by atoms with Gasteiger partial charge < -0.3 is 19.4 Å². The molecule has 1 N–H and O–H groups in total. The number of benzene rings is 1. The molecule has 2 atom stereocenters. The number of para-hydroxylation sites is 1. The number of amides is 2. The van der Waals surface area contributed by atoms with E-state index in [9.17, 15) is 4.79 Å². The quantitative estimate of drug-likeness (QED) is 0.910. The van der Waals surface area contributed by atoms with Crippen molar-refractivity contribution in [3.05, 3.63) is 35.6 Å². The van der Waals surface area contributed by atoms with E-state index >= 15 is 0 Å². The van der Waals surface area contributed by atoms with Crippen molar-refractivity contribution in [3.8, 4) is 0 Å². The molecule has 0 spiro atoms. The van der Waals surface area contributed by atoms with Crippen molar-refractivity contribution in [3.63, 3.8) is 0 Å². The van der Waals surface area contributed by atoms with Gasteiger partial charge in [-0.3, -0.25) is 4.90 Å². The number of fused-ring (bicyclic) bond motifs is 2. The third-order valence-corrected chi connectivity index (χ3v) is 5.34. The number of rotatable bonds is 2. The van der Waals surface area contributed by atoms with E-state index < -0.39 is 0 Å². The number of hydrogen-bond donors (Lipinski definition) is 1. The Morgan fingerprint density at radius 2 is 2.12 bits per heavy atom. The summed E-state index contributed by atoms with van der Waals surface area (Å²) >= 11 is 0. The minimum atomic E-state index is -0.166. The van der Waals surface area contributed by atoms with Gasteiger partial charge in [0.2, 0.25) is 0 Å². The van der Waals surface area contributed by atoms with Crippen molar-refractivity contribution in [2.45, 2.75) is 25.9 Å². The Hall–Kier alpha value is -2.05. The molecule has 6 nitrogen and oxygen atoms in total. The molecule has 0 radical (unpaired) electrons. The molecule has 2 fully saturated rings. The van der Waals surface area contributed by atoms with E-state index in [1.54, 1.807) is 0 Å². The van der Waals surface area contributed by atoms with Crippen molar-refractivity contribution < 1.29 is 13.9 Å². The van der Waals surface area contributed by atoms with Crippen LogP contribution in [0, 0.1) is 6.92 Å². The highest BCUT2D eigenvalue weighted by molar-refractivity contribution is 5.82. The minimum absolute atomic E-state index is 0.0300. The molecule has 1 unspecified atom stereocenters. The molecular formula is C19H25N3O3. The van der Waals surface area contributed by atoms with E-state index in [1.165, 1.54) is 0 Å². The molecule has 2 amide bonds. The molecule has 6 heteroatoms. The maximum Gasteiger partial charge on any atom is 0.318 e. The second kappa shape index (κ2) is 6.69. The van der Waals surface area contributed by atoms with Crippen LogP contribution in [0.3, 0.4) is 0 Å². The first kappa shape index (κ1) is 16.4. The molecule has 0 saturated carbocycles. The van der Waals surface area contributed by atoms with Crippen LogP contribution in [-0.4, -0.2) is 61.3 Å². The number of carbonyl (C=O) groups is 1. The molecule has 0 aliphatic carbocycles. The number of aryl methyl sites for hydroxylation is 1. The molecule has 2 saturated heterocycles. The van der Waals surface area contributed by atoms with Gasteiger partial charge in [-0.2, -0.15) is 0 Å². The number of urea groups is 1. The van der Waals surface area contributed by atoms with Crippen molar-refractivity contribution in [2.75, 3.05) is 39.4 Å². The summed E-state index contributed by atoms with van der Waals surface area (Å²) in [6, 6.07) is 8.10. The van der Waals surface area contributed by atoms with E-state index in [-0.39, 0.29) is 12.1 Å². The Bertz CT molecular complexity index is 772.